The lowest BCUT2D eigenvalue weighted by Crippen LogP contribution is -2.05. The number of rotatable bonds is 3. The lowest BCUT2D eigenvalue weighted by Gasteiger charge is -2.13. The first-order valence-electron chi connectivity index (χ1n) is 6.06. The molecule has 2 unspecified atom stereocenters. The van der Waals surface area contributed by atoms with Crippen LogP contribution in [-0.4, -0.2) is 10.9 Å². The molecular weight excluding hydrogens is 264 g/mol. The van der Waals surface area contributed by atoms with Crippen molar-refractivity contribution in [1.29, 1.82) is 0 Å². The summed E-state index contributed by atoms with van der Waals surface area (Å²) in [4.78, 5) is 0.712. The molecule has 0 amide bonds. The van der Waals surface area contributed by atoms with E-state index in [2.05, 4.69) is 54.0 Å². The molecule has 0 N–H and O–H groups in total. The van der Waals surface area contributed by atoms with Crippen LogP contribution < -0.4 is 4.74 Å². The highest BCUT2D eigenvalue weighted by Gasteiger charge is 2.23. The summed E-state index contributed by atoms with van der Waals surface area (Å²) < 4.78 is 5.64. The maximum Gasteiger partial charge on any atom is 0.119 e. The molecule has 0 aliphatic heterocycles. The van der Waals surface area contributed by atoms with E-state index in [4.69, 9.17) is 4.74 Å². The fourth-order valence-electron chi connectivity index (χ4n) is 2.32. The third kappa shape index (κ3) is 3.00. The van der Waals surface area contributed by atoms with Crippen molar-refractivity contribution in [2.45, 2.75) is 50.0 Å². The predicted octanol–water partition coefficient (Wildman–Crippen LogP) is 4.50. The Bertz CT molecular complexity index is 331. The zero-order valence-corrected chi connectivity index (χ0v) is 11.5. The van der Waals surface area contributed by atoms with E-state index in [0.29, 0.717) is 4.83 Å². The smallest absolute Gasteiger partial charge is 0.119 e. The van der Waals surface area contributed by atoms with Crippen molar-refractivity contribution in [1.82, 2.24) is 0 Å². The molecule has 1 aliphatic carbocycles. The molecule has 0 radical (unpaired) electrons. The Labute approximate surface area is 106 Å². The van der Waals surface area contributed by atoms with Crippen molar-refractivity contribution in [2.75, 3.05) is 0 Å². The predicted molar refractivity (Wildman–Crippen MR) is 71.5 cm³/mol. The van der Waals surface area contributed by atoms with Gasteiger partial charge in [-0.2, -0.15) is 0 Å². The minimum Gasteiger partial charge on any atom is -0.491 e. The van der Waals surface area contributed by atoms with Gasteiger partial charge in [-0.3, -0.25) is 0 Å². The summed E-state index contributed by atoms with van der Waals surface area (Å²) >= 11 is 3.70. The van der Waals surface area contributed by atoms with Crippen LogP contribution in [0.5, 0.6) is 5.75 Å². The first-order valence-corrected chi connectivity index (χ1v) is 6.97. The molecule has 1 fully saturated rings. The molecule has 1 saturated carbocycles. The fourth-order valence-corrected chi connectivity index (χ4v) is 3.04. The molecule has 16 heavy (non-hydrogen) atoms. The molecule has 1 aromatic rings. The monoisotopic (exact) mass is 282 g/mol. The van der Waals surface area contributed by atoms with Crippen LogP contribution in [0.3, 0.4) is 0 Å². The summed E-state index contributed by atoms with van der Waals surface area (Å²) in [7, 11) is 0. The number of halogens is 1. The van der Waals surface area contributed by atoms with Gasteiger partial charge in [-0.1, -0.05) is 28.1 Å². The Morgan fingerprint density at radius 2 is 1.88 bits per heavy atom. The largest absolute Gasteiger partial charge is 0.491 e. The summed E-state index contributed by atoms with van der Waals surface area (Å²) in [6, 6.07) is 8.62. The highest BCUT2D eigenvalue weighted by atomic mass is 79.9. The zero-order valence-electron chi connectivity index (χ0n) is 9.95. The van der Waals surface area contributed by atoms with Crippen LogP contribution in [-0.2, 0) is 0 Å². The highest BCUT2D eigenvalue weighted by molar-refractivity contribution is 9.09. The lowest BCUT2D eigenvalue weighted by molar-refractivity contribution is 0.242. The van der Waals surface area contributed by atoms with Crippen LogP contribution in [0, 0.1) is 0 Å². The van der Waals surface area contributed by atoms with E-state index in [0.717, 1.165) is 11.7 Å². The molecule has 0 saturated heterocycles. The second kappa shape index (κ2) is 5.22. The van der Waals surface area contributed by atoms with Crippen molar-refractivity contribution in [2.24, 2.45) is 0 Å². The standard InChI is InChI=1S/C14H19BrO/c1-10(2)16-14-7-4-11(5-8-14)12-3-6-13(15)9-12/h4-5,7-8,10,12-13H,3,6,9H2,1-2H3. The van der Waals surface area contributed by atoms with Crippen molar-refractivity contribution >= 4 is 15.9 Å². The number of benzene rings is 1. The summed E-state index contributed by atoms with van der Waals surface area (Å²) in [5.74, 6) is 1.71. The summed E-state index contributed by atoms with van der Waals surface area (Å²) in [5, 5.41) is 0. The molecule has 1 aliphatic rings. The molecule has 0 spiro atoms. The molecule has 2 atom stereocenters. The van der Waals surface area contributed by atoms with Crippen LogP contribution in [0.1, 0.15) is 44.6 Å². The van der Waals surface area contributed by atoms with E-state index in [1.54, 1.807) is 0 Å². The van der Waals surface area contributed by atoms with Gasteiger partial charge in [0.2, 0.25) is 0 Å². The summed E-state index contributed by atoms with van der Waals surface area (Å²) in [6.07, 6.45) is 4.13. The lowest BCUT2D eigenvalue weighted by atomic mass is 9.98. The Balaban J connectivity index is 2.02. The molecular formula is C14H19BrO. The third-order valence-electron chi connectivity index (χ3n) is 3.09. The number of hydrogen-bond acceptors (Lipinski definition) is 1. The maximum atomic E-state index is 5.64. The highest BCUT2D eigenvalue weighted by Crippen LogP contribution is 2.38. The second-order valence-corrected chi connectivity index (χ2v) is 6.14. The Morgan fingerprint density at radius 3 is 2.38 bits per heavy atom. The average molecular weight is 283 g/mol. The molecule has 2 heteroatoms. The Hall–Kier alpha value is -0.500. The van der Waals surface area contributed by atoms with Crippen LogP contribution in [0.4, 0.5) is 0 Å². The van der Waals surface area contributed by atoms with Gasteiger partial charge in [-0.25, -0.2) is 0 Å². The molecule has 1 aromatic carbocycles. The van der Waals surface area contributed by atoms with E-state index in [1.165, 1.54) is 24.8 Å². The van der Waals surface area contributed by atoms with Gasteiger partial charge in [0.1, 0.15) is 5.75 Å². The number of ether oxygens (including phenoxy) is 1. The van der Waals surface area contributed by atoms with Crippen molar-refractivity contribution < 1.29 is 4.74 Å². The molecule has 0 bridgehead atoms. The molecule has 1 nitrogen and oxygen atoms in total. The van der Waals surface area contributed by atoms with Gasteiger partial charge >= 0.3 is 0 Å². The fraction of sp³-hybridized carbons (Fsp3) is 0.571. The van der Waals surface area contributed by atoms with Crippen LogP contribution in [0.15, 0.2) is 24.3 Å². The average Bonchev–Trinajstić information content (AvgIpc) is 2.65. The molecule has 0 heterocycles. The van der Waals surface area contributed by atoms with Crippen LogP contribution >= 0.6 is 15.9 Å². The maximum absolute atomic E-state index is 5.64. The van der Waals surface area contributed by atoms with E-state index in [-0.39, 0.29) is 6.10 Å². The minimum atomic E-state index is 0.254. The van der Waals surface area contributed by atoms with Crippen LogP contribution in [0.25, 0.3) is 0 Å². The van der Waals surface area contributed by atoms with E-state index >= 15 is 0 Å². The topological polar surface area (TPSA) is 9.23 Å². The summed E-state index contributed by atoms with van der Waals surface area (Å²) in [5.41, 5.74) is 1.46. The van der Waals surface area contributed by atoms with Gasteiger partial charge in [0.05, 0.1) is 6.10 Å². The van der Waals surface area contributed by atoms with Crippen molar-refractivity contribution in [3.05, 3.63) is 29.8 Å². The van der Waals surface area contributed by atoms with E-state index in [9.17, 15) is 0 Å². The molecule has 0 aromatic heterocycles. The first kappa shape index (κ1) is 12.0. The number of hydrogen-bond donors (Lipinski definition) is 0. The quantitative estimate of drug-likeness (QED) is 0.742. The normalized spacial score (nSPS) is 25.0. The summed E-state index contributed by atoms with van der Waals surface area (Å²) in [6.45, 7) is 4.11. The van der Waals surface area contributed by atoms with Gasteiger partial charge in [-0.05, 0) is 56.7 Å². The van der Waals surface area contributed by atoms with Gasteiger partial charge in [-0.15, -0.1) is 0 Å². The zero-order chi connectivity index (χ0) is 11.5. The number of alkyl halides is 1. The van der Waals surface area contributed by atoms with Crippen LogP contribution in [0.2, 0.25) is 0 Å². The van der Waals surface area contributed by atoms with Gasteiger partial charge in [0, 0.05) is 4.83 Å². The van der Waals surface area contributed by atoms with E-state index < -0.39 is 0 Å². The molecule has 2 rings (SSSR count). The van der Waals surface area contributed by atoms with E-state index in [1.807, 2.05) is 0 Å². The molecule has 88 valence electrons. The SMILES string of the molecule is CC(C)Oc1ccc(C2CCC(Br)C2)cc1. The van der Waals surface area contributed by atoms with Gasteiger partial charge < -0.3 is 4.74 Å². The Morgan fingerprint density at radius 1 is 1.19 bits per heavy atom. The Kier molecular flexibility index (Phi) is 3.91. The first-order chi connectivity index (χ1) is 7.65. The third-order valence-corrected chi connectivity index (χ3v) is 3.92. The van der Waals surface area contributed by atoms with Crippen molar-refractivity contribution in [3.8, 4) is 5.75 Å². The minimum absolute atomic E-state index is 0.254. The van der Waals surface area contributed by atoms with Crippen molar-refractivity contribution in [3.63, 3.8) is 0 Å². The van der Waals surface area contributed by atoms with Gasteiger partial charge in [0.15, 0.2) is 0 Å². The van der Waals surface area contributed by atoms with Gasteiger partial charge in [0.25, 0.3) is 0 Å². The second-order valence-electron chi connectivity index (χ2n) is 4.84.